The molecule has 9 heteroatoms. The molecule has 1 heterocycles. The molecular formula is C9H10F3N3O3. The van der Waals surface area contributed by atoms with Crippen LogP contribution < -0.4 is 5.32 Å². The first kappa shape index (κ1) is 14.0. The van der Waals surface area contributed by atoms with Gasteiger partial charge in [0.15, 0.2) is 0 Å². The Morgan fingerprint density at radius 1 is 1.56 bits per heavy atom. The van der Waals surface area contributed by atoms with E-state index in [9.17, 15) is 22.8 Å². The Balaban J connectivity index is 2.57. The Labute approximate surface area is 99.4 Å². The van der Waals surface area contributed by atoms with Crippen molar-refractivity contribution in [1.82, 2.24) is 15.1 Å². The van der Waals surface area contributed by atoms with E-state index in [0.29, 0.717) is 0 Å². The monoisotopic (exact) mass is 265 g/mol. The average Bonchev–Trinajstić information content (AvgIpc) is 2.64. The normalized spacial score (nSPS) is 13.1. The van der Waals surface area contributed by atoms with Gasteiger partial charge in [0.25, 0.3) is 0 Å². The minimum Gasteiger partial charge on any atom is -0.478 e. The molecule has 2 N–H and O–H groups in total. The van der Waals surface area contributed by atoms with Crippen LogP contribution in [-0.4, -0.2) is 39.0 Å². The Bertz CT molecular complexity index is 455. The van der Waals surface area contributed by atoms with Gasteiger partial charge in [0.1, 0.15) is 0 Å². The molecule has 0 bridgehead atoms. The summed E-state index contributed by atoms with van der Waals surface area (Å²) < 4.78 is 37.0. The third kappa shape index (κ3) is 3.75. The summed E-state index contributed by atoms with van der Waals surface area (Å²) in [6, 6.07) is -0.833. The van der Waals surface area contributed by atoms with Crippen LogP contribution in [-0.2, 0) is 11.3 Å². The van der Waals surface area contributed by atoms with E-state index in [4.69, 9.17) is 5.11 Å². The summed E-state index contributed by atoms with van der Waals surface area (Å²) in [6.45, 7) is 1.29. The van der Waals surface area contributed by atoms with Gasteiger partial charge >= 0.3 is 18.1 Å². The second-order valence-electron chi connectivity index (χ2n) is 3.63. The summed E-state index contributed by atoms with van der Waals surface area (Å²) in [4.78, 5) is 21.2. The van der Waals surface area contributed by atoms with Crippen molar-refractivity contribution in [2.24, 2.45) is 0 Å². The highest BCUT2D eigenvalue weighted by Gasteiger charge is 2.39. The largest absolute Gasteiger partial charge is 0.478 e. The van der Waals surface area contributed by atoms with Crippen LogP contribution in [0.5, 0.6) is 0 Å². The molecule has 0 aliphatic carbocycles. The number of amides is 1. The maximum absolute atomic E-state index is 11.9. The predicted molar refractivity (Wildman–Crippen MR) is 52.8 cm³/mol. The van der Waals surface area contributed by atoms with E-state index in [1.54, 1.807) is 5.32 Å². The lowest BCUT2D eigenvalue weighted by molar-refractivity contribution is -0.174. The topological polar surface area (TPSA) is 84.2 Å². The molecule has 0 aliphatic rings. The van der Waals surface area contributed by atoms with Crippen molar-refractivity contribution in [3.8, 4) is 0 Å². The molecule has 6 nitrogen and oxygen atoms in total. The molecular weight excluding hydrogens is 255 g/mol. The molecule has 1 unspecified atom stereocenters. The third-order valence-electron chi connectivity index (χ3n) is 1.98. The van der Waals surface area contributed by atoms with E-state index >= 15 is 0 Å². The highest BCUT2D eigenvalue weighted by atomic mass is 19.4. The Kier molecular flexibility index (Phi) is 3.94. The minimum absolute atomic E-state index is 0.0604. The summed E-state index contributed by atoms with van der Waals surface area (Å²) in [5.41, 5.74) is -0.0793. The highest BCUT2D eigenvalue weighted by Crippen LogP contribution is 2.14. The molecule has 1 amide bonds. The summed E-state index contributed by atoms with van der Waals surface area (Å²) in [5, 5.41) is 14.0. The van der Waals surface area contributed by atoms with E-state index < -0.39 is 24.1 Å². The number of hydrogen-bond donors (Lipinski definition) is 2. The van der Waals surface area contributed by atoms with Crippen LogP contribution in [0.1, 0.15) is 17.3 Å². The maximum Gasteiger partial charge on any atom is 0.471 e. The van der Waals surface area contributed by atoms with E-state index in [1.165, 1.54) is 13.1 Å². The number of carbonyl (C=O) groups excluding carboxylic acids is 1. The number of hydrogen-bond acceptors (Lipinski definition) is 3. The number of halogens is 3. The second kappa shape index (κ2) is 5.07. The zero-order chi connectivity index (χ0) is 13.9. The molecule has 0 fully saturated rings. The molecule has 18 heavy (non-hydrogen) atoms. The fourth-order valence-corrected chi connectivity index (χ4v) is 1.21. The van der Waals surface area contributed by atoms with Crippen LogP contribution in [0.3, 0.4) is 0 Å². The van der Waals surface area contributed by atoms with Crippen LogP contribution in [0.25, 0.3) is 0 Å². The van der Waals surface area contributed by atoms with Gasteiger partial charge in [-0.2, -0.15) is 18.3 Å². The summed E-state index contributed by atoms with van der Waals surface area (Å²) >= 11 is 0. The van der Waals surface area contributed by atoms with Crippen LogP contribution in [0, 0.1) is 0 Å². The van der Waals surface area contributed by atoms with Crippen molar-refractivity contribution in [2.75, 3.05) is 0 Å². The number of nitrogens with one attached hydrogen (secondary N) is 1. The highest BCUT2D eigenvalue weighted by molar-refractivity contribution is 5.86. The predicted octanol–water partition coefficient (Wildman–Crippen LogP) is 0.648. The standard InChI is InChI=1S/C9H10F3N3O3/c1-5(14-8(18)9(10,11)12)3-15-4-6(2-13-15)7(16)17/h2,4-5H,3H2,1H3,(H,14,18)(H,16,17). The van der Waals surface area contributed by atoms with Gasteiger partial charge in [-0.15, -0.1) is 0 Å². The molecule has 0 aromatic carbocycles. The second-order valence-corrected chi connectivity index (χ2v) is 3.63. The number of alkyl halides is 3. The van der Waals surface area contributed by atoms with Crippen LogP contribution in [0.4, 0.5) is 13.2 Å². The lowest BCUT2D eigenvalue weighted by Crippen LogP contribution is -2.43. The summed E-state index contributed by atoms with van der Waals surface area (Å²) in [5.74, 6) is -3.23. The van der Waals surface area contributed by atoms with Crippen molar-refractivity contribution in [3.05, 3.63) is 18.0 Å². The SMILES string of the molecule is CC(Cn1cc(C(=O)O)cn1)NC(=O)C(F)(F)F. The Hall–Kier alpha value is -2.06. The first-order valence-electron chi connectivity index (χ1n) is 4.83. The number of carboxylic acids is 1. The van der Waals surface area contributed by atoms with Gasteiger partial charge in [0, 0.05) is 12.2 Å². The lowest BCUT2D eigenvalue weighted by Gasteiger charge is -2.15. The summed E-state index contributed by atoms with van der Waals surface area (Å²) in [7, 11) is 0. The number of nitrogens with zero attached hydrogens (tertiary/aromatic N) is 2. The summed E-state index contributed by atoms with van der Waals surface area (Å²) in [6.07, 6.45) is -2.70. The minimum atomic E-state index is -4.94. The van der Waals surface area contributed by atoms with Gasteiger partial charge in [0.05, 0.1) is 18.3 Å². The van der Waals surface area contributed by atoms with Crippen molar-refractivity contribution in [2.45, 2.75) is 25.7 Å². The fourth-order valence-electron chi connectivity index (χ4n) is 1.21. The van der Waals surface area contributed by atoms with E-state index in [0.717, 1.165) is 10.9 Å². The molecule has 1 rings (SSSR count). The zero-order valence-corrected chi connectivity index (χ0v) is 9.23. The van der Waals surface area contributed by atoms with E-state index in [-0.39, 0.29) is 12.1 Å². The number of carboxylic acid groups (broad SMARTS) is 1. The van der Waals surface area contributed by atoms with Gasteiger partial charge in [0.2, 0.25) is 0 Å². The number of rotatable bonds is 4. The van der Waals surface area contributed by atoms with Gasteiger partial charge in [-0.1, -0.05) is 0 Å². The fraction of sp³-hybridized carbons (Fsp3) is 0.444. The first-order valence-corrected chi connectivity index (χ1v) is 4.83. The van der Waals surface area contributed by atoms with Gasteiger partial charge in [-0.3, -0.25) is 9.48 Å². The van der Waals surface area contributed by atoms with Crippen LogP contribution in [0.2, 0.25) is 0 Å². The molecule has 0 spiro atoms. The maximum atomic E-state index is 11.9. The van der Waals surface area contributed by atoms with E-state index in [2.05, 4.69) is 5.10 Å². The molecule has 0 saturated heterocycles. The number of aromatic nitrogens is 2. The van der Waals surface area contributed by atoms with Gasteiger partial charge < -0.3 is 10.4 Å². The zero-order valence-electron chi connectivity index (χ0n) is 9.23. The molecule has 1 aromatic heterocycles. The Morgan fingerprint density at radius 3 is 2.61 bits per heavy atom. The third-order valence-corrected chi connectivity index (χ3v) is 1.98. The number of aromatic carboxylic acids is 1. The van der Waals surface area contributed by atoms with Gasteiger partial charge in [-0.05, 0) is 6.92 Å². The van der Waals surface area contributed by atoms with Crippen LogP contribution in [0.15, 0.2) is 12.4 Å². The molecule has 1 aromatic rings. The smallest absolute Gasteiger partial charge is 0.471 e. The van der Waals surface area contributed by atoms with Crippen molar-refractivity contribution in [1.29, 1.82) is 0 Å². The molecule has 0 radical (unpaired) electrons. The Morgan fingerprint density at radius 2 is 2.17 bits per heavy atom. The quantitative estimate of drug-likeness (QED) is 0.837. The first-order chi connectivity index (χ1) is 8.20. The van der Waals surface area contributed by atoms with Gasteiger partial charge in [-0.25, -0.2) is 4.79 Å². The van der Waals surface area contributed by atoms with Crippen molar-refractivity contribution < 1.29 is 27.9 Å². The van der Waals surface area contributed by atoms with Crippen molar-refractivity contribution in [3.63, 3.8) is 0 Å². The van der Waals surface area contributed by atoms with Crippen molar-refractivity contribution >= 4 is 11.9 Å². The number of carbonyl (C=O) groups is 2. The van der Waals surface area contributed by atoms with E-state index in [1.807, 2.05) is 0 Å². The molecule has 100 valence electrons. The van der Waals surface area contributed by atoms with Crippen LogP contribution >= 0.6 is 0 Å². The average molecular weight is 265 g/mol. The molecule has 0 saturated carbocycles. The lowest BCUT2D eigenvalue weighted by atomic mass is 10.3. The molecule has 0 aliphatic heterocycles. The molecule has 1 atom stereocenters.